The molecular weight excluding hydrogens is 402 g/mol. The minimum atomic E-state index is -0.0366. The van der Waals surface area contributed by atoms with Gasteiger partial charge in [-0.1, -0.05) is 13.8 Å². The molecule has 4 rings (SSSR count). The molecule has 0 aliphatic carbocycles. The molecule has 3 aromatic rings. The number of nitrogens with one attached hydrogen (secondary N) is 1. The van der Waals surface area contributed by atoms with Crippen LogP contribution in [0.15, 0.2) is 36.5 Å². The van der Waals surface area contributed by atoms with E-state index in [2.05, 4.69) is 55.1 Å². The second-order valence-electron chi connectivity index (χ2n) is 9.10. The van der Waals surface area contributed by atoms with E-state index in [0.29, 0.717) is 5.56 Å². The molecule has 0 spiro atoms. The summed E-state index contributed by atoms with van der Waals surface area (Å²) in [5.41, 5.74) is 3.56. The summed E-state index contributed by atoms with van der Waals surface area (Å²) in [5.74, 6) is 1.06. The van der Waals surface area contributed by atoms with Crippen LogP contribution in [0, 0.1) is 0 Å². The van der Waals surface area contributed by atoms with Crippen molar-refractivity contribution in [3.8, 4) is 5.75 Å². The molecular formula is C25H33N5O2. The van der Waals surface area contributed by atoms with Crippen molar-refractivity contribution >= 4 is 22.6 Å². The number of aromatic nitrogens is 3. The zero-order valence-electron chi connectivity index (χ0n) is 19.6. The summed E-state index contributed by atoms with van der Waals surface area (Å²) < 4.78 is 7.15. The Morgan fingerprint density at radius 2 is 1.81 bits per heavy atom. The molecule has 170 valence electrons. The largest absolute Gasteiger partial charge is 0.497 e. The third-order valence-corrected chi connectivity index (χ3v) is 6.18. The van der Waals surface area contributed by atoms with Crippen LogP contribution in [-0.2, 0) is 0 Å². The Hall–Kier alpha value is -3.09. The van der Waals surface area contributed by atoms with Crippen LogP contribution in [-0.4, -0.2) is 46.9 Å². The number of rotatable bonds is 6. The summed E-state index contributed by atoms with van der Waals surface area (Å²) in [4.78, 5) is 20.5. The first-order valence-corrected chi connectivity index (χ1v) is 11.5. The lowest BCUT2D eigenvalue weighted by molar-refractivity contribution is 0.0932. The van der Waals surface area contributed by atoms with Gasteiger partial charge in [-0.3, -0.25) is 4.79 Å². The van der Waals surface area contributed by atoms with Gasteiger partial charge >= 0.3 is 0 Å². The van der Waals surface area contributed by atoms with Crippen molar-refractivity contribution < 1.29 is 9.53 Å². The van der Waals surface area contributed by atoms with Crippen molar-refractivity contribution in [2.24, 2.45) is 0 Å². The molecule has 1 amide bonds. The van der Waals surface area contributed by atoms with Crippen molar-refractivity contribution in [1.82, 2.24) is 20.1 Å². The number of hydrogen-bond donors (Lipinski definition) is 1. The second-order valence-corrected chi connectivity index (χ2v) is 9.10. The highest BCUT2D eigenvalue weighted by atomic mass is 16.5. The van der Waals surface area contributed by atoms with Gasteiger partial charge in [0.15, 0.2) is 5.65 Å². The number of carbonyl (C=O) groups is 1. The third kappa shape index (κ3) is 4.42. The highest BCUT2D eigenvalue weighted by Gasteiger charge is 2.24. The number of ether oxygens (including phenoxy) is 1. The molecule has 1 saturated heterocycles. The molecule has 0 unspecified atom stereocenters. The maximum Gasteiger partial charge on any atom is 0.252 e. The van der Waals surface area contributed by atoms with Crippen molar-refractivity contribution in [1.29, 1.82) is 0 Å². The lowest BCUT2D eigenvalue weighted by Crippen LogP contribution is -2.44. The zero-order chi connectivity index (χ0) is 22.8. The molecule has 7 heteroatoms. The minimum Gasteiger partial charge on any atom is -0.497 e. The molecule has 1 fully saturated rings. The maximum absolute atomic E-state index is 13.3. The Balaban J connectivity index is 1.48. The number of amides is 1. The number of piperidine rings is 1. The summed E-state index contributed by atoms with van der Waals surface area (Å²) in [6.45, 7) is 10.2. The molecule has 2 aromatic heterocycles. The predicted octanol–water partition coefficient (Wildman–Crippen LogP) is 4.54. The summed E-state index contributed by atoms with van der Waals surface area (Å²) in [5, 5.41) is 8.59. The summed E-state index contributed by atoms with van der Waals surface area (Å²) >= 11 is 0. The molecule has 3 heterocycles. The van der Waals surface area contributed by atoms with Gasteiger partial charge in [-0.05, 0) is 62.9 Å². The summed E-state index contributed by atoms with van der Waals surface area (Å²) in [7, 11) is 1.68. The quantitative estimate of drug-likeness (QED) is 0.615. The van der Waals surface area contributed by atoms with E-state index in [0.717, 1.165) is 48.4 Å². The lowest BCUT2D eigenvalue weighted by atomic mass is 10.0. The van der Waals surface area contributed by atoms with Gasteiger partial charge in [0.05, 0.1) is 24.3 Å². The summed E-state index contributed by atoms with van der Waals surface area (Å²) in [6, 6.07) is 10.4. The average Bonchev–Trinajstić information content (AvgIpc) is 3.23. The van der Waals surface area contributed by atoms with Crippen LogP contribution in [0.1, 0.15) is 68.5 Å². The molecule has 1 N–H and O–H groups in total. The number of anilines is 1. The Morgan fingerprint density at radius 3 is 2.41 bits per heavy atom. The maximum atomic E-state index is 13.3. The van der Waals surface area contributed by atoms with Crippen LogP contribution < -0.4 is 15.0 Å². The number of nitrogens with zero attached hydrogens (tertiary/aromatic N) is 4. The Kier molecular flexibility index (Phi) is 6.35. The molecule has 1 aliphatic rings. The first-order valence-electron chi connectivity index (χ1n) is 11.5. The van der Waals surface area contributed by atoms with E-state index in [9.17, 15) is 4.79 Å². The molecule has 0 bridgehead atoms. The Morgan fingerprint density at radius 1 is 1.12 bits per heavy atom. The number of fused-ring (bicyclic) bond motifs is 1. The van der Waals surface area contributed by atoms with Crippen LogP contribution in [0.4, 0.5) is 5.69 Å². The van der Waals surface area contributed by atoms with Crippen LogP contribution in [0.5, 0.6) is 5.75 Å². The number of pyridine rings is 1. The smallest absolute Gasteiger partial charge is 0.252 e. The van der Waals surface area contributed by atoms with Gasteiger partial charge in [0.2, 0.25) is 0 Å². The van der Waals surface area contributed by atoms with E-state index in [1.54, 1.807) is 13.3 Å². The molecule has 7 nitrogen and oxygen atoms in total. The first kappa shape index (κ1) is 22.1. The number of hydrogen-bond acceptors (Lipinski definition) is 5. The topological polar surface area (TPSA) is 72.3 Å². The molecule has 0 saturated carbocycles. The van der Waals surface area contributed by atoms with E-state index in [-0.39, 0.29) is 23.9 Å². The molecule has 32 heavy (non-hydrogen) atoms. The van der Waals surface area contributed by atoms with Crippen LogP contribution >= 0.6 is 0 Å². The molecule has 1 aliphatic heterocycles. The molecule has 1 aromatic carbocycles. The first-order chi connectivity index (χ1) is 15.4. The standard InChI is InChI=1S/C25H33N5O2/c1-16(2)23-14-21(22-15-26-30(17(3)4)24(22)28-23)25(31)27-18-10-12-29(13-11-18)19-6-8-20(32-5)9-7-19/h6-9,14-18H,10-13H2,1-5H3,(H,27,31). The van der Waals surface area contributed by atoms with E-state index >= 15 is 0 Å². The molecule has 0 atom stereocenters. The normalized spacial score (nSPS) is 15.0. The predicted molar refractivity (Wildman–Crippen MR) is 128 cm³/mol. The summed E-state index contributed by atoms with van der Waals surface area (Å²) in [6.07, 6.45) is 3.59. The second kappa shape index (κ2) is 9.18. The van der Waals surface area contributed by atoms with E-state index in [1.807, 2.05) is 22.9 Å². The Labute approximate surface area is 189 Å². The van der Waals surface area contributed by atoms with Gasteiger partial charge in [0, 0.05) is 36.6 Å². The van der Waals surface area contributed by atoms with Gasteiger partial charge < -0.3 is 15.0 Å². The van der Waals surface area contributed by atoms with Crippen molar-refractivity contribution in [2.75, 3.05) is 25.1 Å². The minimum absolute atomic E-state index is 0.0366. The fourth-order valence-electron chi connectivity index (χ4n) is 4.24. The highest BCUT2D eigenvalue weighted by Crippen LogP contribution is 2.26. The van der Waals surface area contributed by atoms with Crippen molar-refractivity contribution in [3.05, 3.63) is 47.8 Å². The van der Waals surface area contributed by atoms with Crippen LogP contribution in [0.3, 0.4) is 0 Å². The van der Waals surface area contributed by atoms with Crippen molar-refractivity contribution in [3.63, 3.8) is 0 Å². The highest BCUT2D eigenvalue weighted by molar-refractivity contribution is 6.05. The van der Waals surface area contributed by atoms with Crippen molar-refractivity contribution in [2.45, 2.75) is 58.5 Å². The SMILES string of the molecule is COc1ccc(N2CCC(NC(=O)c3cc(C(C)C)nc4c3cnn4C(C)C)CC2)cc1. The monoisotopic (exact) mass is 435 g/mol. The van der Waals surface area contributed by atoms with E-state index < -0.39 is 0 Å². The molecule has 0 radical (unpaired) electrons. The third-order valence-electron chi connectivity index (χ3n) is 6.18. The van der Waals surface area contributed by atoms with Crippen LogP contribution in [0.25, 0.3) is 11.0 Å². The zero-order valence-corrected chi connectivity index (χ0v) is 19.6. The Bertz CT molecular complexity index is 1080. The van der Waals surface area contributed by atoms with Gasteiger partial charge in [0.1, 0.15) is 5.75 Å². The number of methoxy groups -OCH3 is 1. The van der Waals surface area contributed by atoms with E-state index in [4.69, 9.17) is 9.72 Å². The lowest BCUT2D eigenvalue weighted by Gasteiger charge is -2.34. The fraction of sp³-hybridized carbons (Fsp3) is 0.480. The number of benzene rings is 1. The van der Waals surface area contributed by atoms with Gasteiger partial charge in [-0.25, -0.2) is 9.67 Å². The van der Waals surface area contributed by atoms with Gasteiger partial charge in [0.25, 0.3) is 5.91 Å². The van der Waals surface area contributed by atoms with Crippen LogP contribution in [0.2, 0.25) is 0 Å². The van der Waals surface area contributed by atoms with Gasteiger partial charge in [-0.2, -0.15) is 5.10 Å². The fourth-order valence-corrected chi connectivity index (χ4v) is 4.24. The average molecular weight is 436 g/mol. The van der Waals surface area contributed by atoms with Gasteiger partial charge in [-0.15, -0.1) is 0 Å². The van der Waals surface area contributed by atoms with E-state index in [1.165, 1.54) is 5.69 Å². The number of carbonyl (C=O) groups excluding carboxylic acids is 1.